The number of rotatable bonds is 5. The predicted molar refractivity (Wildman–Crippen MR) is 117 cm³/mol. The highest BCUT2D eigenvalue weighted by atomic mass is 35.5. The van der Waals surface area contributed by atoms with E-state index in [0.717, 1.165) is 43.9 Å². The Labute approximate surface area is 184 Å². The van der Waals surface area contributed by atoms with E-state index in [1.807, 2.05) is 0 Å². The van der Waals surface area contributed by atoms with Crippen molar-refractivity contribution in [2.24, 2.45) is 0 Å². The molecule has 1 aliphatic heterocycles. The molecule has 2 amide bonds. The molecule has 0 atom stereocenters. The number of nitrogens with zero attached hydrogens (tertiary/aromatic N) is 4. The van der Waals surface area contributed by atoms with Crippen LogP contribution in [0.2, 0.25) is 5.02 Å². The van der Waals surface area contributed by atoms with Crippen LogP contribution in [0.15, 0.2) is 42.5 Å². The van der Waals surface area contributed by atoms with Gasteiger partial charge in [-0.1, -0.05) is 18.0 Å². The van der Waals surface area contributed by atoms with Crippen LogP contribution in [0.1, 0.15) is 30.9 Å². The highest BCUT2D eigenvalue weighted by Crippen LogP contribution is 2.25. The van der Waals surface area contributed by atoms with Gasteiger partial charge in [-0.3, -0.25) is 4.90 Å². The molecule has 31 heavy (non-hydrogen) atoms. The van der Waals surface area contributed by atoms with Crippen molar-refractivity contribution in [2.45, 2.75) is 38.8 Å². The minimum absolute atomic E-state index is 0.0587. The molecule has 0 saturated heterocycles. The van der Waals surface area contributed by atoms with Gasteiger partial charge in [-0.15, -0.1) is 10.2 Å². The molecule has 1 aromatic heterocycles. The van der Waals surface area contributed by atoms with Gasteiger partial charge in [0.1, 0.15) is 17.4 Å². The third-order valence-corrected chi connectivity index (χ3v) is 5.58. The van der Waals surface area contributed by atoms with Crippen molar-refractivity contribution >= 4 is 29.0 Å². The van der Waals surface area contributed by atoms with Gasteiger partial charge >= 0.3 is 6.03 Å². The molecule has 162 valence electrons. The van der Waals surface area contributed by atoms with Crippen molar-refractivity contribution in [2.75, 3.05) is 17.3 Å². The fraction of sp³-hybridized carbons (Fsp3) is 0.318. The topological polar surface area (TPSA) is 72.3 Å². The summed E-state index contributed by atoms with van der Waals surface area (Å²) in [6.07, 6.45) is 4.18. The summed E-state index contributed by atoms with van der Waals surface area (Å²) < 4.78 is 20.8. The van der Waals surface area contributed by atoms with E-state index in [1.54, 1.807) is 36.3 Å². The lowest BCUT2D eigenvalue weighted by molar-refractivity contribution is 0.256. The molecule has 1 aliphatic rings. The molecule has 9 heteroatoms. The number of aryl methyl sites for hydroxylation is 1. The van der Waals surface area contributed by atoms with Gasteiger partial charge in [-0.05, 0) is 55.3 Å². The summed E-state index contributed by atoms with van der Waals surface area (Å²) in [7, 11) is 1.59. The van der Waals surface area contributed by atoms with Gasteiger partial charge < -0.3 is 14.6 Å². The zero-order chi connectivity index (χ0) is 21.8. The van der Waals surface area contributed by atoms with Gasteiger partial charge in [0.2, 0.25) is 0 Å². The van der Waals surface area contributed by atoms with Gasteiger partial charge in [-0.25, -0.2) is 9.18 Å². The molecule has 0 spiro atoms. The molecule has 1 N–H and O–H groups in total. The van der Waals surface area contributed by atoms with E-state index in [4.69, 9.17) is 16.3 Å². The summed E-state index contributed by atoms with van der Waals surface area (Å²) in [4.78, 5) is 14.8. The second-order valence-corrected chi connectivity index (χ2v) is 7.75. The van der Waals surface area contributed by atoms with Crippen molar-refractivity contribution in [1.82, 2.24) is 14.8 Å². The molecule has 7 nitrogen and oxygen atoms in total. The second-order valence-electron chi connectivity index (χ2n) is 7.34. The van der Waals surface area contributed by atoms with Crippen molar-refractivity contribution in [1.29, 1.82) is 0 Å². The van der Waals surface area contributed by atoms with Crippen LogP contribution >= 0.6 is 11.6 Å². The van der Waals surface area contributed by atoms with E-state index in [0.29, 0.717) is 17.1 Å². The standard InChI is InChI=1S/C22H23ClFN5O2/c1-31-17-9-7-16(8-10-17)29(22(30)25-15-6-11-19(24)18(23)13-15)14-21-27-26-20-5-3-2-4-12-28(20)21/h6-11,13H,2-5,12,14H2,1H3,(H,25,30). The largest absolute Gasteiger partial charge is 0.497 e. The number of benzene rings is 2. The molecule has 0 aliphatic carbocycles. The van der Waals surface area contributed by atoms with E-state index < -0.39 is 5.82 Å². The summed E-state index contributed by atoms with van der Waals surface area (Å²) in [6, 6.07) is 10.8. The number of halogens is 2. The van der Waals surface area contributed by atoms with Crippen molar-refractivity contribution in [3.8, 4) is 5.75 Å². The number of methoxy groups -OCH3 is 1. The molecule has 0 bridgehead atoms. The molecule has 4 rings (SSSR count). The zero-order valence-electron chi connectivity index (χ0n) is 17.1. The van der Waals surface area contributed by atoms with Gasteiger partial charge in [0.15, 0.2) is 5.82 Å². The van der Waals surface area contributed by atoms with Crippen LogP contribution in [0.5, 0.6) is 5.75 Å². The van der Waals surface area contributed by atoms with Crippen molar-refractivity contribution < 1.29 is 13.9 Å². The molecule has 2 heterocycles. The average molecular weight is 444 g/mol. The van der Waals surface area contributed by atoms with Crippen LogP contribution < -0.4 is 15.0 Å². The van der Waals surface area contributed by atoms with E-state index in [9.17, 15) is 9.18 Å². The molecule has 0 radical (unpaired) electrons. The minimum atomic E-state index is -0.544. The Hall–Kier alpha value is -3.13. The quantitative estimate of drug-likeness (QED) is 0.599. The summed E-state index contributed by atoms with van der Waals surface area (Å²) in [5, 5.41) is 11.4. The molecule has 0 fully saturated rings. The number of aromatic nitrogens is 3. The van der Waals surface area contributed by atoms with Crippen LogP contribution in [0, 0.1) is 5.82 Å². The number of nitrogens with one attached hydrogen (secondary N) is 1. The first-order chi connectivity index (χ1) is 15.0. The summed E-state index contributed by atoms with van der Waals surface area (Å²) in [6.45, 7) is 1.07. The number of carbonyl (C=O) groups excluding carboxylic acids is 1. The van der Waals surface area contributed by atoms with Crippen LogP contribution in [0.3, 0.4) is 0 Å². The fourth-order valence-corrected chi connectivity index (χ4v) is 3.79. The SMILES string of the molecule is COc1ccc(N(Cc2nnc3n2CCCCC3)C(=O)Nc2ccc(F)c(Cl)c2)cc1. The Morgan fingerprint density at radius 2 is 2.00 bits per heavy atom. The third kappa shape index (κ3) is 4.80. The Kier molecular flexibility index (Phi) is 6.36. The van der Waals surface area contributed by atoms with Crippen LogP contribution in [-0.2, 0) is 19.5 Å². The number of fused-ring (bicyclic) bond motifs is 1. The fourth-order valence-electron chi connectivity index (χ4n) is 3.61. The normalized spacial score (nSPS) is 13.3. The summed E-state index contributed by atoms with van der Waals surface area (Å²) in [5.41, 5.74) is 1.06. The Morgan fingerprint density at radius 1 is 1.19 bits per heavy atom. The van der Waals surface area contributed by atoms with Gasteiger partial charge in [-0.2, -0.15) is 0 Å². The minimum Gasteiger partial charge on any atom is -0.497 e. The number of ether oxygens (including phenoxy) is 1. The zero-order valence-corrected chi connectivity index (χ0v) is 17.9. The maximum Gasteiger partial charge on any atom is 0.326 e. The van der Waals surface area contributed by atoms with E-state index >= 15 is 0 Å². The first-order valence-electron chi connectivity index (χ1n) is 10.1. The van der Waals surface area contributed by atoms with Gasteiger partial charge in [0.05, 0.1) is 18.7 Å². The van der Waals surface area contributed by atoms with Crippen LogP contribution in [0.25, 0.3) is 0 Å². The van der Waals surface area contributed by atoms with Gasteiger partial charge in [0, 0.05) is 24.3 Å². The molecular formula is C22H23ClFN5O2. The molecular weight excluding hydrogens is 421 g/mol. The highest BCUT2D eigenvalue weighted by Gasteiger charge is 2.22. The lowest BCUT2D eigenvalue weighted by Crippen LogP contribution is -2.35. The van der Waals surface area contributed by atoms with Crippen molar-refractivity contribution in [3.63, 3.8) is 0 Å². The number of hydrogen-bond donors (Lipinski definition) is 1. The average Bonchev–Trinajstić information content (AvgIpc) is 3.00. The first-order valence-corrected chi connectivity index (χ1v) is 10.5. The Bertz CT molecular complexity index is 1070. The molecule has 3 aromatic rings. The Morgan fingerprint density at radius 3 is 2.74 bits per heavy atom. The smallest absolute Gasteiger partial charge is 0.326 e. The number of urea groups is 1. The monoisotopic (exact) mass is 443 g/mol. The number of amides is 2. The second kappa shape index (κ2) is 9.34. The summed E-state index contributed by atoms with van der Waals surface area (Å²) >= 11 is 5.86. The molecule has 0 saturated carbocycles. The molecule has 2 aromatic carbocycles. The van der Waals surface area contributed by atoms with Crippen molar-refractivity contribution in [3.05, 3.63) is 65.0 Å². The van der Waals surface area contributed by atoms with E-state index in [1.165, 1.54) is 18.2 Å². The maximum absolute atomic E-state index is 13.5. The van der Waals surface area contributed by atoms with Gasteiger partial charge in [0.25, 0.3) is 0 Å². The lowest BCUT2D eigenvalue weighted by atomic mass is 10.2. The van der Waals surface area contributed by atoms with Crippen LogP contribution in [-0.4, -0.2) is 27.9 Å². The highest BCUT2D eigenvalue weighted by molar-refractivity contribution is 6.31. The number of anilines is 2. The van der Waals surface area contributed by atoms with Crippen LogP contribution in [0.4, 0.5) is 20.6 Å². The number of carbonyl (C=O) groups is 1. The lowest BCUT2D eigenvalue weighted by Gasteiger charge is -2.23. The number of hydrogen-bond acceptors (Lipinski definition) is 4. The predicted octanol–water partition coefficient (Wildman–Crippen LogP) is 5.04. The summed E-state index contributed by atoms with van der Waals surface area (Å²) in [5.74, 6) is 1.82. The maximum atomic E-state index is 13.5. The molecule has 0 unspecified atom stereocenters. The third-order valence-electron chi connectivity index (χ3n) is 5.29. The Balaban J connectivity index is 1.63. The first kappa shape index (κ1) is 21.1. The van der Waals surface area contributed by atoms with E-state index in [2.05, 4.69) is 20.1 Å². The van der Waals surface area contributed by atoms with E-state index in [-0.39, 0.29) is 17.6 Å².